The van der Waals surface area contributed by atoms with E-state index in [0.717, 1.165) is 12.8 Å². The van der Waals surface area contributed by atoms with Crippen LogP contribution in [0.5, 0.6) is 0 Å². The minimum Gasteiger partial charge on any atom is -0.312 e. The van der Waals surface area contributed by atoms with Crippen LogP contribution in [0.1, 0.15) is 54.1 Å². The second kappa shape index (κ2) is 6.35. The molecule has 21 heavy (non-hydrogen) atoms. The summed E-state index contributed by atoms with van der Waals surface area (Å²) in [6, 6.07) is 6.77. The van der Waals surface area contributed by atoms with E-state index in [2.05, 4.69) is 42.5 Å². The Morgan fingerprint density at radius 1 is 1.33 bits per heavy atom. The van der Waals surface area contributed by atoms with Crippen LogP contribution in [0.25, 0.3) is 0 Å². The molecule has 3 nitrogen and oxygen atoms in total. The van der Waals surface area contributed by atoms with Gasteiger partial charge >= 0.3 is 0 Å². The zero-order chi connectivity index (χ0) is 14.7. The van der Waals surface area contributed by atoms with Crippen molar-refractivity contribution >= 4 is 0 Å². The van der Waals surface area contributed by atoms with Gasteiger partial charge in [0.1, 0.15) is 0 Å². The Labute approximate surface area is 126 Å². The molecule has 0 aromatic carbocycles. The molecule has 2 aromatic heterocycles. The van der Waals surface area contributed by atoms with Crippen LogP contribution in [0.4, 0.5) is 0 Å². The monoisotopic (exact) mass is 281 g/mol. The number of hydrogen-bond acceptors (Lipinski definition) is 3. The first-order chi connectivity index (χ1) is 10.3. The van der Waals surface area contributed by atoms with Gasteiger partial charge in [0, 0.05) is 36.2 Å². The van der Waals surface area contributed by atoms with Gasteiger partial charge in [0.25, 0.3) is 0 Å². The van der Waals surface area contributed by atoms with Gasteiger partial charge in [-0.15, -0.1) is 0 Å². The van der Waals surface area contributed by atoms with Crippen LogP contribution >= 0.6 is 0 Å². The van der Waals surface area contributed by atoms with Gasteiger partial charge in [-0.1, -0.05) is 13.0 Å². The van der Waals surface area contributed by atoms with Crippen molar-refractivity contribution in [1.29, 1.82) is 0 Å². The molecule has 0 fully saturated rings. The first-order valence-electron chi connectivity index (χ1n) is 7.89. The minimum absolute atomic E-state index is 0.317. The van der Waals surface area contributed by atoms with Gasteiger partial charge in [-0.3, -0.25) is 9.97 Å². The Balaban J connectivity index is 2.01. The first kappa shape index (κ1) is 14.2. The maximum Gasteiger partial charge on any atom is 0.0485 e. The number of nitrogens with one attached hydrogen (secondary N) is 1. The maximum atomic E-state index is 4.69. The molecular weight excluding hydrogens is 258 g/mol. The van der Waals surface area contributed by atoms with E-state index < -0.39 is 0 Å². The molecule has 2 heterocycles. The van der Waals surface area contributed by atoms with Crippen LogP contribution in [-0.4, -0.2) is 17.0 Å². The molecule has 2 aromatic rings. The Hall–Kier alpha value is -1.74. The van der Waals surface area contributed by atoms with Crippen molar-refractivity contribution in [2.45, 2.75) is 44.6 Å². The summed E-state index contributed by atoms with van der Waals surface area (Å²) in [6.07, 6.45) is 10.4. The van der Waals surface area contributed by atoms with Gasteiger partial charge in [0.05, 0.1) is 0 Å². The molecule has 0 radical (unpaired) electrons. The molecule has 2 atom stereocenters. The lowest BCUT2D eigenvalue weighted by molar-refractivity contribution is 0.413. The SMILES string of the molecule is CCc1cnccc1C(NC)C1CCCc2cccnc21. The van der Waals surface area contributed by atoms with Crippen LogP contribution in [0.15, 0.2) is 36.8 Å². The van der Waals surface area contributed by atoms with Gasteiger partial charge in [0.2, 0.25) is 0 Å². The fourth-order valence-electron chi connectivity index (χ4n) is 3.58. The van der Waals surface area contributed by atoms with E-state index in [1.165, 1.54) is 35.2 Å². The highest BCUT2D eigenvalue weighted by Gasteiger charge is 2.30. The van der Waals surface area contributed by atoms with E-state index in [4.69, 9.17) is 4.98 Å². The van der Waals surface area contributed by atoms with E-state index in [1.54, 1.807) is 0 Å². The third kappa shape index (κ3) is 2.70. The van der Waals surface area contributed by atoms with Crippen molar-refractivity contribution in [2.75, 3.05) is 7.05 Å². The number of nitrogens with zero attached hydrogens (tertiary/aromatic N) is 2. The summed E-state index contributed by atoms with van der Waals surface area (Å²) in [7, 11) is 2.06. The molecule has 3 rings (SSSR count). The minimum atomic E-state index is 0.317. The predicted octanol–water partition coefficient (Wildman–Crippen LogP) is 3.42. The van der Waals surface area contributed by atoms with Crippen molar-refractivity contribution in [2.24, 2.45) is 0 Å². The summed E-state index contributed by atoms with van der Waals surface area (Å²) in [6.45, 7) is 2.19. The number of hydrogen-bond donors (Lipinski definition) is 1. The molecular formula is C18H23N3. The largest absolute Gasteiger partial charge is 0.312 e. The van der Waals surface area contributed by atoms with Crippen LogP contribution < -0.4 is 5.32 Å². The summed E-state index contributed by atoms with van der Waals surface area (Å²) in [4.78, 5) is 8.97. The summed E-state index contributed by atoms with van der Waals surface area (Å²) in [5, 5.41) is 3.54. The van der Waals surface area contributed by atoms with Crippen LogP contribution in [0, 0.1) is 0 Å². The number of pyridine rings is 2. The highest BCUT2D eigenvalue weighted by molar-refractivity contribution is 5.34. The van der Waals surface area contributed by atoms with Crippen LogP contribution in [-0.2, 0) is 12.8 Å². The fourth-order valence-corrected chi connectivity index (χ4v) is 3.58. The molecule has 1 N–H and O–H groups in total. The molecule has 1 aliphatic carbocycles. The van der Waals surface area contributed by atoms with Gasteiger partial charge in [-0.2, -0.15) is 0 Å². The highest BCUT2D eigenvalue weighted by Crippen LogP contribution is 2.39. The van der Waals surface area contributed by atoms with Crippen molar-refractivity contribution in [1.82, 2.24) is 15.3 Å². The summed E-state index contributed by atoms with van der Waals surface area (Å²) >= 11 is 0. The second-order valence-corrected chi connectivity index (χ2v) is 5.74. The van der Waals surface area contributed by atoms with Crippen molar-refractivity contribution in [3.63, 3.8) is 0 Å². The van der Waals surface area contributed by atoms with Gasteiger partial charge < -0.3 is 5.32 Å². The zero-order valence-electron chi connectivity index (χ0n) is 12.8. The fraction of sp³-hybridized carbons (Fsp3) is 0.444. The van der Waals surface area contributed by atoms with Crippen molar-refractivity contribution in [3.05, 3.63) is 59.2 Å². The molecule has 2 unspecified atom stereocenters. The van der Waals surface area contributed by atoms with Crippen molar-refractivity contribution < 1.29 is 0 Å². The Kier molecular flexibility index (Phi) is 4.30. The molecule has 0 bridgehead atoms. The number of rotatable bonds is 4. The van der Waals surface area contributed by atoms with Crippen molar-refractivity contribution in [3.8, 4) is 0 Å². The molecule has 0 spiro atoms. The highest BCUT2D eigenvalue weighted by atomic mass is 14.9. The maximum absolute atomic E-state index is 4.69. The number of fused-ring (bicyclic) bond motifs is 1. The Morgan fingerprint density at radius 2 is 2.24 bits per heavy atom. The lowest BCUT2D eigenvalue weighted by Crippen LogP contribution is -2.28. The quantitative estimate of drug-likeness (QED) is 0.933. The number of aryl methyl sites for hydroxylation is 2. The van der Waals surface area contributed by atoms with E-state index in [1.807, 2.05) is 18.6 Å². The van der Waals surface area contributed by atoms with E-state index in [9.17, 15) is 0 Å². The third-order valence-corrected chi connectivity index (χ3v) is 4.61. The van der Waals surface area contributed by atoms with E-state index in [-0.39, 0.29) is 0 Å². The normalized spacial score (nSPS) is 19.0. The van der Waals surface area contributed by atoms with E-state index >= 15 is 0 Å². The third-order valence-electron chi connectivity index (χ3n) is 4.61. The molecule has 1 aliphatic rings. The van der Waals surface area contributed by atoms with Gasteiger partial charge in [-0.05, 0) is 61.6 Å². The average Bonchev–Trinajstić information content (AvgIpc) is 2.56. The standard InChI is InChI=1S/C18H23N3/c1-3-13-12-20-11-9-15(13)18(19-2)16-8-4-6-14-7-5-10-21-17(14)16/h5,7,9-12,16,18-19H,3-4,6,8H2,1-2H3. The van der Waals surface area contributed by atoms with Gasteiger partial charge in [-0.25, -0.2) is 0 Å². The topological polar surface area (TPSA) is 37.8 Å². The Morgan fingerprint density at radius 3 is 3.05 bits per heavy atom. The first-order valence-corrected chi connectivity index (χ1v) is 7.89. The Bertz CT molecular complexity index is 609. The summed E-state index contributed by atoms with van der Waals surface area (Å²) < 4.78 is 0. The molecule has 110 valence electrons. The smallest absolute Gasteiger partial charge is 0.0485 e. The average molecular weight is 281 g/mol. The molecule has 0 saturated heterocycles. The molecule has 0 amide bonds. The lowest BCUT2D eigenvalue weighted by Gasteiger charge is -2.32. The second-order valence-electron chi connectivity index (χ2n) is 5.74. The summed E-state index contributed by atoms with van der Waals surface area (Å²) in [5.41, 5.74) is 5.40. The zero-order valence-corrected chi connectivity index (χ0v) is 12.8. The van der Waals surface area contributed by atoms with Gasteiger partial charge in [0.15, 0.2) is 0 Å². The predicted molar refractivity (Wildman–Crippen MR) is 85.3 cm³/mol. The lowest BCUT2D eigenvalue weighted by atomic mass is 9.78. The summed E-state index contributed by atoms with van der Waals surface area (Å²) in [5.74, 6) is 0.452. The van der Waals surface area contributed by atoms with E-state index in [0.29, 0.717) is 12.0 Å². The molecule has 0 aliphatic heterocycles. The number of aromatic nitrogens is 2. The number of likely N-dealkylation sites (N-methyl/N-ethyl adjacent to an activating group) is 1. The molecule has 3 heteroatoms. The molecule has 0 saturated carbocycles. The van der Waals surface area contributed by atoms with Crippen LogP contribution in [0.3, 0.4) is 0 Å². The van der Waals surface area contributed by atoms with Crippen LogP contribution in [0.2, 0.25) is 0 Å².